The van der Waals surface area contributed by atoms with Crippen LogP contribution in [-0.2, 0) is 4.79 Å². The van der Waals surface area contributed by atoms with E-state index in [9.17, 15) is 4.79 Å². The van der Waals surface area contributed by atoms with E-state index in [1.165, 1.54) is 0 Å². The van der Waals surface area contributed by atoms with E-state index in [1.54, 1.807) is 6.20 Å². The van der Waals surface area contributed by atoms with Crippen LogP contribution in [-0.4, -0.2) is 28.7 Å². The number of nitrogens with one attached hydrogen (secondary N) is 3. The third-order valence-corrected chi connectivity index (χ3v) is 3.02. The summed E-state index contributed by atoms with van der Waals surface area (Å²) in [4.78, 5) is 11.8. The number of aromatic amines is 1. The molecule has 106 valence electrons. The average molecular weight is 272 g/mol. The summed E-state index contributed by atoms with van der Waals surface area (Å²) in [6.07, 6.45) is 2.18. The van der Waals surface area contributed by atoms with Crippen LogP contribution >= 0.6 is 0 Å². The number of amides is 1. The number of hydrogen-bond acceptors (Lipinski definition) is 3. The van der Waals surface area contributed by atoms with Crippen LogP contribution in [0.5, 0.6) is 0 Å². The molecule has 3 N–H and O–H groups in total. The van der Waals surface area contributed by atoms with Gasteiger partial charge in [-0.25, -0.2) is 0 Å². The number of aromatic nitrogens is 2. The lowest BCUT2D eigenvalue weighted by atomic mass is 10.1. The first kappa shape index (κ1) is 14.3. The molecule has 0 fully saturated rings. The van der Waals surface area contributed by atoms with E-state index in [1.807, 2.05) is 44.2 Å². The molecule has 0 bridgehead atoms. The zero-order valence-electron chi connectivity index (χ0n) is 11.8. The number of nitrogens with zero attached hydrogens (tertiary/aromatic N) is 1. The molecule has 5 heteroatoms. The predicted molar refractivity (Wildman–Crippen MR) is 80.4 cm³/mol. The Labute approximate surface area is 118 Å². The molecule has 0 saturated heterocycles. The first-order valence-electron chi connectivity index (χ1n) is 6.82. The maximum Gasteiger partial charge on any atom is 0.225 e. The van der Waals surface area contributed by atoms with E-state index in [2.05, 4.69) is 20.8 Å². The summed E-state index contributed by atoms with van der Waals surface area (Å²) in [5.74, 6) is 0.0211. The van der Waals surface area contributed by atoms with Crippen LogP contribution in [0.3, 0.4) is 0 Å². The Morgan fingerprint density at radius 2 is 2.05 bits per heavy atom. The summed E-state index contributed by atoms with van der Waals surface area (Å²) in [7, 11) is 0. The summed E-state index contributed by atoms with van der Waals surface area (Å²) in [6.45, 7) is 4.90. The second-order valence-corrected chi connectivity index (χ2v) is 4.76. The fourth-order valence-electron chi connectivity index (χ4n) is 2.06. The van der Waals surface area contributed by atoms with Crippen molar-refractivity contribution in [3.8, 4) is 11.3 Å². The van der Waals surface area contributed by atoms with Crippen molar-refractivity contribution in [2.45, 2.75) is 26.3 Å². The quantitative estimate of drug-likeness (QED) is 0.756. The monoisotopic (exact) mass is 272 g/mol. The molecule has 20 heavy (non-hydrogen) atoms. The number of hydrogen-bond donors (Lipinski definition) is 3. The summed E-state index contributed by atoms with van der Waals surface area (Å²) >= 11 is 0. The van der Waals surface area contributed by atoms with Crippen LogP contribution in [0.15, 0.2) is 36.5 Å². The highest BCUT2D eigenvalue weighted by atomic mass is 16.1. The van der Waals surface area contributed by atoms with Gasteiger partial charge in [0.1, 0.15) is 0 Å². The zero-order chi connectivity index (χ0) is 14.4. The van der Waals surface area contributed by atoms with Crippen LogP contribution in [0.25, 0.3) is 11.3 Å². The maximum absolute atomic E-state index is 11.8. The van der Waals surface area contributed by atoms with Gasteiger partial charge in [-0.1, -0.05) is 19.1 Å². The van der Waals surface area contributed by atoms with Crippen LogP contribution < -0.4 is 10.6 Å². The molecule has 0 aliphatic rings. The number of rotatable bonds is 6. The Morgan fingerprint density at radius 1 is 1.30 bits per heavy atom. The van der Waals surface area contributed by atoms with Gasteiger partial charge in [0.05, 0.1) is 5.69 Å². The lowest BCUT2D eigenvalue weighted by molar-refractivity contribution is -0.116. The van der Waals surface area contributed by atoms with Gasteiger partial charge in [0.2, 0.25) is 5.91 Å². The second kappa shape index (κ2) is 6.86. The number of benzene rings is 1. The number of H-pyrrole nitrogens is 1. The molecular formula is C15H20N4O. The van der Waals surface area contributed by atoms with E-state index >= 15 is 0 Å². The highest BCUT2D eigenvalue weighted by Gasteiger charge is 2.08. The lowest BCUT2D eigenvalue weighted by Gasteiger charge is -2.12. The van der Waals surface area contributed by atoms with Gasteiger partial charge in [-0.05, 0) is 37.2 Å². The molecule has 5 nitrogen and oxygen atoms in total. The van der Waals surface area contributed by atoms with Gasteiger partial charge in [-0.3, -0.25) is 9.89 Å². The first-order chi connectivity index (χ1) is 9.69. The Morgan fingerprint density at radius 3 is 2.65 bits per heavy atom. The van der Waals surface area contributed by atoms with E-state index in [0.717, 1.165) is 23.5 Å². The molecule has 2 rings (SSSR count). The van der Waals surface area contributed by atoms with Crippen molar-refractivity contribution in [2.24, 2.45) is 0 Å². The summed E-state index contributed by atoms with van der Waals surface area (Å²) in [5, 5.41) is 12.9. The van der Waals surface area contributed by atoms with Crippen molar-refractivity contribution in [3.05, 3.63) is 36.5 Å². The van der Waals surface area contributed by atoms with Crippen molar-refractivity contribution in [2.75, 3.05) is 11.9 Å². The number of carbonyl (C=O) groups is 1. The molecule has 1 atom stereocenters. The van der Waals surface area contributed by atoms with Crippen molar-refractivity contribution >= 4 is 11.6 Å². The highest BCUT2D eigenvalue weighted by molar-refractivity contribution is 5.91. The molecule has 0 radical (unpaired) electrons. The Kier molecular flexibility index (Phi) is 4.90. The topological polar surface area (TPSA) is 69.8 Å². The average Bonchev–Trinajstić information content (AvgIpc) is 2.93. The molecule has 1 aromatic carbocycles. The van der Waals surface area contributed by atoms with E-state index < -0.39 is 0 Å². The van der Waals surface area contributed by atoms with Crippen LogP contribution in [0.2, 0.25) is 0 Å². The summed E-state index contributed by atoms with van der Waals surface area (Å²) < 4.78 is 0. The van der Waals surface area contributed by atoms with Gasteiger partial charge >= 0.3 is 0 Å². The van der Waals surface area contributed by atoms with E-state index in [-0.39, 0.29) is 11.9 Å². The largest absolute Gasteiger partial charge is 0.326 e. The minimum absolute atomic E-state index is 0.0211. The fraction of sp³-hybridized carbons (Fsp3) is 0.333. The number of anilines is 1. The Balaban J connectivity index is 1.92. The smallest absolute Gasteiger partial charge is 0.225 e. The molecule has 2 aromatic rings. The van der Waals surface area contributed by atoms with Gasteiger partial charge in [-0.2, -0.15) is 5.10 Å². The normalized spacial score (nSPS) is 12.1. The summed E-state index contributed by atoms with van der Waals surface area (Å²) in [5.41, 5.74) is 2.81. The molecule has 0 spiro atoms. The molecule has 1 heterocycles. The van der Waals surface area contributed by atoms with Gasteiger partial charge in [0.25, 0.3) is 0 Å². The molecule has 1 unspecified atom stereocenters. The standard InChI is InChI=1S/C15H20N4O/c1-3-16-11(2)10-15(20)18-13-6-4-12(5-7-13)14-8-9-17-19-14/h4-9,11,16H,3,10H2,1-2H3,(H,17,19)(H,18,20). The van der Waals surface area contributed by atoms with Crippen LogP contribution in [0.4, 0.5) is 5.69 Å². The van der Waals surface area contributed by atoms with E-state index in [4.69, 9.17) is 0 Å². The SMILES string of the molecule is CCNC(C)CC(=O)Nc1ccc(-c2ccn[nH]2)cc1. The third kappa shape index (κ3) is 3.93. The first-order valence-corrected chi connectivity index (χ1v) is 6.82. The van der Waals surface area contributed by atoms with Gasteiger partial charge in [0, 0.05) is 24.3 Å². The summed E-state index contributed by atoms with van der Waals surface area (Å²) in [6, 6.07) is 9.79. The van der Waals surface area contributed by atoms with Crippen molar-refractivity contribution in [3.63, 3.8) is 0 Å². The maximum atomic E-state index is 11.8. The fourth-order valence-corrected chi connectivity index (χ4v) is 2.06. The second-order valence-electron chi connectivity index (χ2n) is 4.76. The zero-order valence-corrected chi connectivity index (χ0v) is 11.8. The van der Waals surface area contributed by atoms with Crippen LogP contribution in [0, 0.1) is 0 Å². The van der Waals surface area contributed by atoms with Crippen molar-refractivity contribution in [1.82, 2.24) is 15.5 Å². The highest BCUT2D eigenvalue weighted by Crippen LogP contribution is 2.18. The van der Waals surface area contributed by atoms with Crippen molar-refractivity contribution < 1.29 is 4.79 Å². The molecule has 0 aliphatic carbocycles. The number of carbonyl (C=O) groups excluding carboxylic acids is 1. The third-order valence-electron chi connectivity index (χ3n) is 3.02. The van der Waals surface area contributed by atoms with Gasteiger partial charge in [-0.15, -0.1) is 0 Å². The lowest BCUT2D eigenvalue weighted by Crippen LogP contribution is -2.30. The minimum atomic E-state index is 0.0211. The van der Waals surface area contributed by atoms with Crippen LogP contribution in [0.1, 0.15) is 20.3 Å². The minimum Gasteiger partial charge on any atom is -0.326 e. The predicted octanol–water partition coefficient (Wildman–Crippen LogP) is 2.40. The van der Waals surface area contributed by atoms with E-state index in [0.29, 0.717) is 6.42 Å². The van der Waals surface area contributed by atoms with Crippen molar-refractivity contribution in [1.29, 1.82) is 0 Å². The van der Waals surface area contributed by atoms with Gasteiger partial charge < -0.3 is 10.6 Å². The molecule has 1 amide bonds. The Hall–Kier alpha value is -2.14. The molecule has 0 saturated carbocycles. The van der Waals surface area contributed by atoms with Gasteiger partial charge in [0.15, 0.2) is 0 Å². The molecule has 0 aliphatic heterocycles. The Bertz CT molecular complexity index is 534. The molecular weight excluding hydrogens is 252 g/mol. The molecule has 1 aromatic heterocycles.